The van der Waals surface area contributed by atoms with Crippen LogP contribution in [0.4, 0.5) is 21.7 Å². The predicted octanol–water partition coefficient (Wildman–Crippen LogP) is 4.81. The van der Waals surface area contributed by atoms with Crippen LogP contribution in [0, 0.1) is 12.7 Å². The maximum Gasteiger partial charge on any atom is 0.227 e. The Morgan fingerprint density at radius 3 is 2.47 bits per heavy atom. The summed E-state index contributed by atoms with van der Waals surface area (Å²) in [6.07, 6.45) is 5.08. The first kappa shape index (κ1) is 23.7. The summed E-state index contributed by atoms with van der Waals surface area (Å²) in [5, 5.41) is 7.78. The first-order chi connectivity index (χ1) is 18.6. The summed E-state index contributed by atoms with van der Waals surface area (Å²) in [6, 6.07) is 18.3. The summed E-state index contributed by atoms with van der Waals surface area (Å²) in [5.74, 6) is 0.679. The average molecular weight is 509 g/mol. The molecule has 0 spiro atoms. The highest BCUT2D eigenvalue weighted by atomic mass is 19.1. The van der Waals surface area contributed by atoms with E-state index in [-0.39, 0.29) is 5.82 Å². The standard InChI is InChI=1S/C28H25FN8O/c1-19-6-8-30-26(14-19)27-32-18-37(35-27)23-4-2-22(3-5-23)33-28-31-9-7-25(34-28)20-15-21(29)17-24(16-20)36-10-12-38-13-11-36/h2-9,14-18H,10-13H2,1H3,(H,31,33,34). The lowest BCUT2D eigenvalue weighted by Gasteiger charge is -2.29. The normalized spacial score (nSPS) is 13.5. The number of anilines is 3. The van der Waals surface area contributed by atoms with E-state index >= 15 is 0 Å². The molecule has 3 aromatic heterocycles. The van der Waals surface area contributed by atoms with Crippen molar-refractivity contribution in [3.63, 3.8) is 0 Å². The molecule has 38 heavy (non-hydrogen) atoms. The Labute approximate surface area is 219 Å². The Morgan fingerprint density at radius 1 is 0.842 bits per heavy atom. The van der Waals surface area contributed by atoms with Crippen LogP contribution in [-0.4, -0.2) is 56.0 Å². The van der Waals surface area contributed by atoms with Crippen molar-refractivity contribution < 1.29 is 9.13 Å². The first-order valence-corrected chi connectivity index (χ1v) is 12.3. The molecule has 1 aliphatic heterocycles. The molecular weight excluding hydrogens is 483 g/mol. The molecule has 0 atom stereocenters. The van der Waals surface area contributed by atoms with Gasteiger partial charge in [-0.25, -0.2) is 24.0 Å². The van der Waals surface area contributed by atoms with E-state index in [2.05, 4.69) is 35.3 Å². The molecule has 190 valence electrons. The minimum atomic E-state index is -0.304. The highest BCUT2D eigenvalue weighted by molar-refractivity contribution is 5.67. The van der Waals surface area contributed by atoms with Gasteiger partial charge in [0, 0.05) is 42.4 Å². The number of morpholine rings is 1. The van der Waals surface area contributed by atoms with E-state index < -0.39 is 0 Å². The average Bonchev–Trinajstić information content (AvgIpc) is 3.44. The SMILES string of the molecule is Cc1ccnc(-c2ncn(-c3ccc(Nc4nccc(-c5cc(F)cc(N6CCOCC6)c5)n4)cc3)n2)c1. The van der Waals surface area contributed by atoms with Gasteiger partial charge >= 0.3 is 0 Å². The van der Waals surface area contributed by atoms with Crippen LogP contribution in [0.2, 0.25) is 0 Å². The van der Waals surface area contributed by atoms with Crippen molar-refractivity contribution in [2.24, 2.45) is 0 Å². The van der Waals surface area contributed by atoms with Crippen LogP contribution in [0.15, 0.2) is 79.4 Å². The molecule has 9 nitrogen and oxygen atoms in total. The lowest BCUT2D eigenvalue weighted by molar-refractivity contribution is 0.122. The number of benzene rings is 2. The molecule has 6 rings (SSSR count). The van der Waals surface area contributed by atoms with E-state index in [1.165, 1.54) is 6.07 Å². The number of aromatic nitrogens is 6. The summed E-state index contributed by atoms with van der Waals surface area (Å²) in [7, 11) is 0. The summed E-state index contributed by atoms with van der Waals surface area (Å²) in [6.45, 7) is 4.74. The molecule has 10 heteroatoms. The smallest absolute Gasteiger partial charge is 0.227 e. The molecule has 1 N–H and O–H groups in total. The van der Waals surface area contributed by atoms with Gasteiger partial charge in [0.05, 0.1) is 24.6 Å². The minimum absolute atomic E-state index is 0.304. The zero-order valence-electron chi connectivity index (χ0n) is 20.8. The van der Waals surface area contributed by atoms with Gasteiger partial charge in [0.1, 0.15) is 17.8 Å². The van der Waals surface area contributed by atoms with Crippen LogP contribution in [-0.2, 0) is 4.74 Å². The van der Waals surface area contributed by atoms with Crippen LogP contribution in [0.3, 0.4) is 0 Å². The molecule has 1 fully saturated rings. The second-order valence-corrected chi connectivity index (χ2v) is 8.97. The number of nitrogens with one attached hydrogen (secondary N) is 1. The lowest BCUT2D eigenvalue weighted by atomic mass is 10.1. The maximum atomic E-state index is 14.5. The summed E-state index contributed by atoms with van der Waals surface area (Å²) < 4.78 is 21.6. The molecule has 1 aliphatic rings. The van der Waals surface area contributed by atoms with Gasteiger partial charge < -0.3 is 15.0 Å². The zero-order valence-corrected chi connectivity index (χ0v) is 20.8. The predicted molar refractivity (Wildman–Crippen MR) is 143 cm³/mol. The second-order valence-electron chi connectivity index (χ2n) is 8.97. The number of ether oxygens (including phenoxy) is 1. The first-order valence-electron chi connectivity index (χ1n) is 12.3. The van der Waals surface area contributed by atoms with Crippen LogP contribution in [0.25, 0.3) is 28.5 Å². The van der Waals surface area contributed by atoms with Crippen molar-refractivity contribution in [3.8, 4) is 28.5 Å². The van der Waals surface area contributed by atoms with Crippen LogP contribution >= 0.6 is 0 Å². The Balaban J connectivity index is 1.18. The van der Waals surface area contributed by atoms with Gasteiger partial charge in [-0.15, -0.1) is 5.10 Å². The fourth-order valence-electron chi connectivity index (χ4n) is 4.30. The van der Waals surface area contributed by atoms with Crippen LogP contribution in [0.1, 0.15) is 5.56 Å². The highest BCUT2D eigenvalue weighted by Crippen LogP contribution is 2.27. The van der Waals surface area contributed by atoms with Crippen LogP contribution in [0.5, 0.6) is 0 Å². The minimum Gasteiger partial charge on any atom is -0.378 e. The number of pyridine rings is 1. The third kappa shape index (κ3) is 5.21. The van der Waals surface area contributed by atoms with Crippen molar-refractivity contribution in [3.05, 3.63) is 90.8 Å². The van der Waals surface area contributed by atoms with E-state index in [0.29, 0.717) is 36.2 Å². The van der Waals surface area contributed by atoms with E-state index in [0.717, 1.165) is 41.4 Å². The number of halogens is 1. The molecule has 0 bridgehead atoms. The molecule has 0 amide bonds. The molecular formula is C28H25FN8O. The number of rotatable bonds is 6. The van der Waals surface area contributed by atoms with Gasteiger partial charge in [-0.05, 0) is 73.2 Å². The fourth-order valence-corrected chi connectivity index (χ4v) is 4.30. The number of hydrogen-bond donors (Lipinski definition) is 1. The van der Waals surface area contributed by atoms with Gasteiger partial charge in [-0.1, -0.05) is 0 Å². The maximum absolute atomic E-state index is 14.5. The molecule has 4 heterocycles. The second kappa shape index (κ2) is 10.3. The summed E-state index contributed by atoms with van der Waals surface area (Å²) >= 11 is 0. The molecule has 0 saturated carbocycles. The fraction of sp³-hybridized carbons (Fsp3) is 0.179. The summed E-state index contributed by atoms with van der Waals surface area (Å²) in [5.41, 5.74) is 5.64. The van der Waals surface area contributed by atoms with Crippen molar-refractivity contribution >= 4 is 17.3 Å². The van der Waals surface area contributed by atoms with E-state index in [4.69, 9.17) is 4.74 Å². The Bertz CT molecular complexity index is 1560. The Kier molecular flexibility index (Phi) is 6.45. The van der Waals surface area contributed by atoms with Crippen LogP contribution < -0.4 is 10.2 Å². The molecule has 0 radical (unpaired) electrons. The van der Waals surface area contributed by atoms with E-state index in [9.17, 15) is 4.39 Å². The topological polar surface area (TPSA) is 93.9 Å². The van der Waals surface area contributed by atoms with Gasteiger partial charge in [-0.2, -0.15) is 0 Å². The van der Waals surface area contributed by atoms with Crippen molar-refractivity contribution in [1.82, 2.24) is 29.7 Å². The van der Waals surface area contributed by atoms with Crippen molar-refractivity contribution in [1.29, 1.82) is 0 Å². The monoisotopic (exact) mass is 508 g/mol. The number of hydrogen-bond acceptors (Lipinski definition) is 8. The van der Waals surface area contributed by atoms with Gasteiger partial charge in [0.15, 0.2) is 5.82 Å². The highest BCUT2D eigenvalue weighted by Gasteiger charge is 2.14. The van der Waals surface area contributed by atoms with Gasteiger partial charge in [-0.3, -0.25) is 4.98 Å². The van der Waals surface area contributed by atoms with Crippen molar-refractivity contribution in [2.45, 2.75) is 6.92 Å². The molecule has 1 saturated heterocycles. The number of nitrogens with zero attached hydrogens (tertiary/aromatic N) is 7. The Morgan fingerprint density at radius 2 is 1.66 bits per heavy atom. The zero-order chi connectivity index (χ0) is 25.9. The molecule has 0 aliphatic carbocycles. The van der Waals surface area contributed by atoms with Crippen molar-refractivity contribution in [2.75, 3.05) is 36.5 Å². The van der Waals surface area contributed by atoms with Gasteiger partial charge in [0.2, 0.25) is 5.95 Å². The quantitative estimate of drug-likeness (QED) is 0.349. The molecule has 0 unspecified atom stereocenters. The molecule has 2 aromatic carbocycles. The Hall–Kier alpha value is -4.70. The third-order valence-electron chi connectivity index (χ3n) is 6.23. The van der Waals surface area contributed by atoms with E-state index in [1.54, 1.807) is 35.5 Å². The number of aryl methyl sites for hydroxylation is 1. The largest absolute Gasteiger partial charge is 0.378 e. The lowest BCUT2D eigenvalue weighted by Crippen LogP contribution is -2.36. The summed E-state index contributed by atoms with van der Waals surface area (Å²) in [4.78, 5) is 19.8. The van der Waals surface area contributed by atoms with E-state index in [1.807, 2.05) is 49.4 Å². The van der Waals surface area contributed by atoms with Gasteiger partial charge in [0.25, 0.3) is 0 Å². The third-order valence-corrected chi connectivity index (χ3v) is 6.23. The molecule has 5 aromatic rings.